The number of nitrogens with zero attached hydrogens (tertiary/aromatic N) is 1. The van der Waals surface area contributed by atoms with Crippen molar-refractivity contribution >= 4 is 29.9 Å². The lowest BCUT2D eigenvalue weighted by molar-refractivity contribution is -0.0265. The van der Waals surface area contributed by atoms with Crippen molar-refractivity contribution in [2.75, 3.05) is 26.8 Å². The summed E-state index contributed by atoms with van der Waals surface area (Å²) in [6.45, 7) is 6.84. The molecule has 0 radical (unpaired) electrons. The monoisotopic (exact) mass is 539 g/mol. The van der Waals surface area contributed by atoms with E-state index in [1.165, 1.54) is 11.1 Å². The molecule has 1 fully saturated rings. The van der Waals surface area contributed by atoms with Gasteiger partial charge in [0.2, 0.25) is 0 Å². The Bertz CT molecular complexity index is 842. The van der Waals surface area contributed by atoms with Crippen molar-refractivity contribution < 1.29 is 14.6 Å². The van der Waals surface area contributed by atoms with E-state index < -0.39 is 0 Å². The van der Waals surface area contributed by atoms with E-state index >= 15 is 0 Å². The highest BCUT2D eigenvalue weighted by molar-refractivity contribution is 14.0. The quantitative estimate of drug-likeness (QED) is 0.274. The molecule has 0 spiro atoms. The molecule has 2 unspecified atom stereocenters. The lowest BCUT2D eigenvalue weighted by Crippen LogP contribution is -2.42. The Morgan fingerprint density at radius 3 is 2.68 bits per heavy atom. The first kappa shape index (κ1) is 25.3. The van der Waals surface area contributed by atoms with Gasteiger partial charge in [-0.05, 0) is 50.5 Å². The number of guanidine groups is 1. The summed E-state index contributed by atoms with van der Waals surface area (Å²) in [5.41, 5.74) is 3.21. The zero-order valence-electron chi connectivity index (χ0n) is 18.6. The van der Waals surface area contributed by atoms with Gasteiger partial charge in [0.05, 0.1) is 19.8 Å². The Kier molecular flexibility index (Phi) is 10.4. The van der Waals surface area contributed by atoms with Crippen molar-refractivity contribution in [3.05, 3.63) is 59.2 Å². The number of hydrogen-bond acceptors (Lipinski definition) is 4. The van der Waals surface area contributed by atoms with Crippen LogP contribution in [-0.4, -0.2) is 37.9 Å². The predicted octanol–water partition coefficient (Wildman–Crippen LogP) is 4.55. The van der Waals surface area contributed by atoms with E-state index in [2.05, 4.69) is 46.8 Å². The van der Waals surface area contributed by atoms with Crippen LogP contribution in [-0.2, 0) is 11.3 Å². The molecule has 0 aromatic heterocycles. The maximum Gasteiger partial charge on any atom is 0.191 e. The molecule has 6 nitrogen and oxygen atoms in total. The molecule has 1 aliphatic heterocycles. The third kappa shape index (κ3) is 7.28. The molecule has 7 heteroatoms. The van der Waals surface area contributed by atoms with Gasteiger partial charge < -0.3 is 25.2 Å². The van der Waals surface area contributed by atoms with Crippen LogP contribution in [0.2, 0.25) is 0 Å². The molecule has 2 atom stereocenters. The van der Waals surface area contributed by atoms with Crippen molar-refractivity contribution in [3.8, 4) is 11.5 Å². The number of halogens is 1. The lowest BCUT2D eigenvalue weighted by atomic mass is 9.89. The van der Waals surface area contributed by atoms with Gasteiger partial charge in [-0.2, -0.15) is 0 Å². The minimum atomic E-state index is 0. The molecule has 1 heterocycles. The van der Waals surface area contributed by atoms with Gasteiger partial charge in [-0.1, -0.05) is 29.8 Å². The molecule has 0 saturated carbocycles. The van der Waals surface area contributed by atoms with Crippen molar-refractivity contribution in [2.24, 2.45) is 10.9 Å². The minimum absolute atomic E-state index is 0. The normalized spacial score (nSPS) is 18.7. The summed E-state index contributed by atoms with van der Waals surface area (Å²) in [5, 5.41) is 16.9. The number of phenolic OH excluding ortho intramolecular Hbond substituents is 1. The van der Waals surface area contributed by atoms with Gasteiger partial charge in [-0.15, -0.1) is 24.0 Å². The molecule has 2 aromatic rings. The third-order valence-corrected chi connectivity index (χ3v) is 5.42. The number of nitrogens with one attached hydrogen (secondary N) is 2. The topological polar surface area (TPSA) is 75.1 Å². The van der Waals surface area contributed by atoms with Crippen molar-refractivity contribution in [1.29, 1.82) is 0 Å². The van der Waals surface area contributed by atoms with E-state index in [4.69, 9.17) is 9.47 Å². The summed E-state index contributed by atoms with van der Waals surface area (Å²) in [6.07, 6.45) is 2.28. The van der Waals surface area contributed by atoms with Crippen LogP contribution in [0.3, 0.4) is 0 Å². The second-order valence-electron chi connectivity index (χ2n) is 7.68. The fraction of sp³-hybridized carbons (Fsp3) is 0.458. The van der Waals surface area contributed by atoms with Crippen LogP contribution in [0, 0.1) is 12.8 Å². The molecule has 3 N–H and O–H groups in total. The Labute approximate surface area is 202 Å². The zero-order valence-corrected chi connectivity index (χ0v) is 20.9. The van der Waals surface area contributed by atoms with E-state index in [-0.39, 0.29) is 35.8 Å². The van der Waals surface area contributed by atoms with Gasteiger partial charge in [-0.3, -0.25) is 0 Å². The number of benzene rings is 2. The summed E-state index contributed by atoms with van der Waals surface area (Å²) < 4.78 is 11.4. The van der Waals surface area contributed by atoms with E-state index in [9.17, 15) is 5.11 Å². The molecule has 170 valence electrons. The van der Waals surface area contributed by atoms with Gasteiger partial charge in [0, 0.05) is 31.2 Å². The summed E-state index contributed by atoms with van der Waals surface area (Å²) in [4.78, 5) is 4.65. The Hall–Kier alpha value is -2.00. The maximum absolute atomic E-state index is 10.1. The molecule has 0 aliphatic carbocycles. The van der Waals surface area contributed by atoms with Crippen LogP contribution in [0.15, 0.2) is 47.5 Å². The lowest BCUT2D eigenvalue weighted by Gasteiger charge is -2.32. The highest BCUT2D eigenvalue weighted by Crippen LogP contribution is 2.33. The Morgan fingerprint density at radius 2 is 1.97 bits per heavy atom. The van der Waals surface area contributed by atoms with Crippen LogP contribution < -0.4 is 15.4 Å². The second kappa shape index (κ2) is 12.8. The van der Waals surface area contributed by atoms with Crippen LogP contribution in [0.5, 0.6) is 11.5 Å². The third-order valence-electron chi connectivity index (χ3n) is 5.42. The van der Waals surface area contributed by atoms with Gasteiger partial charge >= 0.3 is 0 Å². The average molecular weight is 539 g/mol. The summed E-state index contributed by atoms with van der Waals surface area (Å²) in [7, 11) is 1.61. The Balaban J connectivity index is 0.00000341. The summed E-state index contributed by atoms with van der Waals surface area (Å²) in [6, 6.07) is 13.8. The SMILES string of the molecule is CCNC(=NCc1cc(OC)ccc1O)NCC1CCCOC1c1ccc(C)cc1.I. The standard InChI is InChI=1S/C24H33N3O3.HI/c1-4-25-24(27-16-20-14-21(29-3)11-12-22(20)28)26-15-19-6-5-13-30-23(19)18-9-7-17(2)8-10-18;/h7-12,14,19,23,28H,4-6,13,15-16H2,1-3H3,(H2,25,26,27);1H. The first-order chi connectivity index (χ1) is 14.6. The van der Waals surface area contributed by atoms with Gasteiger partial charge in [0.25, 0.3) is 0 Å². The van der Waals surface area contributed by atoms with Crippen molar-refractivity contribution in [3.63, 3.8) is 0 Å². The fourth-order valence-corrected chi connectivity index (χ4v) is 3.73. The number of aryl methyl sites for hydroxylation is 1. The van der Waals surface area contributed by atoms with Crippen LogP contribution in [0.4, 0.5) is 0 Å². The van der Waals surface area contributed by atoms with Gasteiger partial charge in [0.15, 0.2) is 5.96 Å². The largest absolute Gasteiger partial charge is 0.508 e. The smallest absolute Gasteiger partial charge is 0.191 e. The van der Waals surface area contributed by atoms with Crippen LogP contribution in [0.1, 0.15) is 42.6 Å². The molecular weight excluding hydrogens is 505 g/mol. The first-order valence-electron chi connectivity index (χ1n) is 10.7. The number of phenols is 1. The molecule has 1 saturated heterocycles. The molecule has 2 aromatic carbocycles. The molecule has 0 bridgehead atoms. The number of methoxy groups -OCH3 is 1. The average Bonchev–Trinajstić information content (AvgIpc) is 2.77. The van der Waals surface area contributed by atoms with Gasteiger partial charge in [0.1, 0.15) is 11.5 Å². The summed E-state index contributed by atoms with van der Waals surface area (Å²) >= 11 is 0. The number of aliphatic imine (C=N–C) groups is 1. The van der Waals surface area contributed by atoms with E-state index in [1.54, 1.807) is 19.2 Å². The van der Waals surface area contributed by atoms with Crippen LogP contribution >= 0.6 is 24.0 Å². The molecule has 0 amide bonds. The molecule has 3 rings (SSSR count). The minimum Gasteiger partial charge on any atom is -0.508 e. The number of aromatic hydroxyl groups is 1. The maximum atomic E-state index is 10.1. The van der Waals surface area contributed by atoms with Crippen molar-refractivity contribution in [1.82, 2.24) is 10.6 Å². The highest BCUT2D eigenvalue weighted by Gasteiger charge is 2.27. The Morgan fingerprint density at radius 1 is 1.19 bits per heavy atom. The van der Waals surface area contributed by atoms with E-state index in [1.807, 2.05) is 13.0 Å². The number of ether oxygens (including phenoxy) is 2. The van der Waals surface area contributed by atoms with E-state index in [0.717, 1.165) is 44.1 Å². The molecule has 31 heavy (non-hydrogen) atoms. The van der Waals surface area contributed by atoms with Crippen molar-refractivity contribution in [2.45, 2.75) is 39.3 Å². The molecular formula is C24H34IN3O3. The number of rotatable bonds is 7. The van der Waals surface area contributed by atoms with Gasteiger partial charge in [-0.25, -0.2) is 4.99 Å². The predicted molar refractivity (Wildman–Crippen MR) is 135 cm³/mol. The van der Waals surface area contributed by atoms with Crippen LogP contribution in [0.25, 0.3) is 0 Å². The second-order valence-corrected chi connectivity index (χ2v) is 7.68. The first-order valence-corrected chi connectivity index (χ1v) is 10.7. The molecule has 1 aliphatic rings. The highest BCUT2D eigenvalue weighted by atomic mass is 127. The number of hydrogen-bond donors (Lipinski definition) is 3. The van der Waals surface area contributed by atoms with E-state index in [0.29, 0.717) is 18.2 Å². The summed E-state index contributed by atoms with van der Waals surface area (Å²) in [5.74, 6) is 2.02. The zero-order chi connectivity index (χ0) is 21.3. The fourth-order valence-electron chi connectivity index (χ4n) is 3.73.